The first-order chi connectivity index (χ1) is 7.65. The molecule has 1 aromatic carbocycles. The highest BCUT2D eigenvalue weighted by atomic mass is 32.2. The summed E-state index contributed by atoms with van der Waals surface area (Å²) in [6, 6.07) is 5.73. The zero-order valence-corrected chi connectivity index (χ0v) is 11.5. The standard InChI is InChI=1S/C12H19NOS2/c1-3-15-7-4-8-16(14)12-6-5-10(2)9-11(12)13/h5-6,9H,3-4,7-8,13H2,1-2H3. The molecule has 0 amide bonds. The third-order valence-electron chi connectivity index (χ3n) is 2.23. The average Bonchev–Trinajstić information content (AvgIpc) is 2.24. The number of rotatable bonds is 6. The molecule has 2 N–H and O–H groups in total. The summed E-state index contributed by atoms with van der Waals surface area (Å²) in [5.74, 6) is 2.91. The molecule has 0 saturated carbocycles. The van der Waals surface area contributed by atoms with Gasteiger partial charge in [-0.15, -0.1) is 0 Å². The van der Waals surface area contributed by atoms with Gasteiger partial charge in [-0.2, -0.15) is 11.8 Å². The zero-order valence-electron chi connectivity index (χ0n) is 9.86. The number of nitrogens with two attached hydrogens (primary N) is 1. The molecule has 0 aliphatic heterocycles. The van der Waals surface area contributed by atoms with Gasteiger partial charge in [-0.05, 0) is 42.5 Å². The van der Waals surface area contributed by atoms with Gasteiger partial charge in [-0.3, -0.25) is 4.21 Å². The lowest BCUT2D eigenvalue weighted by Gasteiger charge is -2.06. The Morgan fingerprint density at radius 1 is 1.44 bits per heavy atom. The summed E-state index contributed by atoms with van der Waals surface area (Å²) < 4.78 is 12.0. The Kier molecular flexibility index (Phi) is 5.91. The Morgan fingerprint density at radius 3 is 2.81 bits per heavy atom. The molecule has 0 aliphatic carbocycles. The lowest BCUT2D eigenvalue weighted by atomic mass is 10.2. The largest absolute Gasteiger partial charge is 0.398 e. The summed E-state index contributed by atoms with van der Waals surface area (Å²) in [7, 11) is -0.945. The summed E-state index contributed by atoms with van der Waals surface area (Å²) in [6.07, 6.45) is 0.985. The van der Waals surface area contributed by atoms with Crippen LogP contribution in [0.25, 0.3) is 0 Å². The smallest absolute Gasteiger partial charge is 0.0617 e. The van der Waals surface area contributed by atoms with Gasteiger partial charge in [0.05, 0.1) is 15.7 Å². The fraction of sp³-hybridized carbons (Fsp3) is 0.500. The highest BCUT2D eigenvalue weighted by molar-refractivity contribution is 7.99. The van der Waals surface area contributed by atoms with Gasteiger partial charge in [0.2, 0.25) is 0 Å². The van der Waals surface area contributed by atoms with Crippen LogP contribution in [0.2, 0.25) is 0 Å². The van der Waals surface area contributed by atoms with E-state index in [2.05, 4.69) is 6.92 Å². The number of thioether (sulfide) groups is 1. The average molecular weight is 257 g/mol. The lowest BCUT2D eigenvalue weighted by Crippen LogP contribution is -2.03. The van der Waals surface area contributed by atoms with Gasteiger partial charge in [0.25, 0.3) is 0 Å². The van der Waals surface area contributed by atoms with E-state index < -0.39 is 10.8 Å². The lowest BCUT2D eigenvalue weighted by molar-refractivity contribution is 0.682. The Bertz CT molecular complexity index is 366. The maximum atomic E-state index is 12.0. The van der Waals surface area contributed by atoms with Crippen molar-refractivity contribution >= 4 is 28.2 Å². The van der Waals surface area contributed by atoms with Crippen molar-refractivity contribution in [2.45, 2.75) is 25.2 Å². The first-order valence-corrected chi connectivity index (χ1v) is 7.94. The molecule has 90 valence electrons. The Morgan fingerprint density at radius 2 is 2.19 bits per heavy atom. The van der Waals surface area contributed by atoms with Crippen LogP contribution in [-0.4, -0.2) is 21.5 Å². The van der Waals surface area contributed by atoms with Gasteiger partial charge >= 0.3 is 0 Å². The molecule has 0 fully saturated rings. The van der Waals surface area contributed by atoms with Gasteiger partial charge in [-0.1, -0.05) is 13.0 Å². The van der Waals surface area contributed by atoms with Crippen molar-refractivity contribution in [3.63, 3.8) is 0 Å². The molecule has 0 bridgehead atoms. The molecule has 0 heterocycles. The van der Waals surface area contributed by atoms with Gasteiger partial charge in [-0.25, -0.2) is 0 Å². The summed E-state index contributed by atoms with van der Waals surface area (Å²) in [4.78, 5) is 0.784. The molecule has 0 radical (unpaired) electrons. The van der Waals surface area contributed by atoms with Crippen molar-refractivity contribution in [1.82, 2.24) is 0 Å². The van der Waals surface area contributed by atoms with E-state index in [0.717, 1.165) is 28.4 Å². The summed E-state index contributed by atoms with van der Waals surface area (Å²) in [6.45, 7) is 4.13. The van der Waals surface area contributed by atoms with Crippen molar-refractivity contribution in [3.8, 4) is 0 Å². The predicted octanol–water partition coefficient (Wildman–Crippen LogP) is 2.83. The van der Waals surface area contributed by atoms with Gasteiger partial charge in [0.1, 0.15) is 0 Å². The second kappa shape index (κ2) is 6.97. The van der Waals surface area contributed by atoms with Crippen molar-refractivity contribution in [2.75, 3.05) is 23.0 Å². The molecule has 1 atom stereocenters. The SMILES string of the molecule is CCSCCCS(=O)c1ccc(C)cc1N. The molecular formula is C12H19NOS2. The summed E-state index contributed by atoms with van der Waals surface area (Å²) >= 11 is 1.89. The minimum Gasteiger partial charge on any atom is -0.398 e. The molecule has 0 saturated heterocycles. The maximum Gasteiger partial charge on any atom is 0.0617 e. The van der Waals surface area contributed by atoms with Crippen LogP contribution in [0.5, 0.6) is 0 Å². The van der Waals surface area contributed by atoms with Crippen LogP contribution in [0.15, 0.2) is 23.1 Å². The van der Waals surface area contributed by atoms with Crippen molar-refractivity contribution in [1.29, 1.82) is 0 Å². The topological polar surface area (TPSA) is 43.1 Å². The van der Waals surface area contributed by atoms with E-state index in [1.54, 1.807) is 0 Å². The fourth-order valence-electron chi connectivity index (χ4n) is 1.42. The molecule has 1 aromatic rings. The number of nitrogen functional groups attached to an aromatic ring is 1. The van der Waals surface area contributed by atoms with E-state index in [0.29, 0.717) is 11.4 Å². The normalized spacial score (nSPS) is 12.6. The number of anilines is 1. The second-order valence-corrected chi connectivity index (χ2v) is 6.57. The van der Waals surface area contributed by atoms with Crippen molar-refractivity contribution in [3.05, 3.63) is 23.8 Å². The Balaban J connectivity index is 2.53. The number of benzene rings is 1. The van der Waals surface area contributed by atoms with Crippen LogP contribution >= 0.6 is 11.8 Å². The molecule has 1 unspecified atom stereocenters. The highest BCUT2D eigenvalue weighted by Crippen LogP contribution is 2.18. The Hall–Kier alpha value is -0.480. The van der Waals surface area contributed by atoms with Crippen LogP contribution in [0, 0.1) is 6.92 Å². The molecule has 16 heavy (non-hydrogen) atoms. The molecular weight excluding hydrogens is 238 g/mol. The van der Waals surface area contributed by atoms with Crippen LogP contribution in [-0.2, 0) is 10.8 Å². The third kappa shape index (κ3) is 4.18. The molecule has 0 aromatic heterocycles. The van der Waals surface area contributed by atoms with E-state index in [4.69, 9.17) is 5.73 Å². The van der Waals surface area contributed by atoms with E-state index in [-0.39, 0.29) is 0 Å². The highest BCUT2D eigenvalue weighted by Gasteiger charge is 2.07. The van der Waals surface area contributed by atoms with Gasteiger partial charge in [0.15, 0.2) is 0 Å². The van der Waals surface area contributed by atoms with E-state index in [1.165, 1.54) is 0 Å². The molecule has 0 spiro atoms. The number of aryl methyl sites for hydroxylation is 1. The van der Waals surface area contributed by atoms with Crippen LogP contribution in [0.4, 0.5) is 5.69 Å². The molecule has 1 rings (SSSR count). The van der Waals surface area contributed by atoms with Gasteiger partial charge in [0, 0.05) is 11.4 Å². The van der Waals surface area contributed by atoms with Gasteiger partial charge < -0.3 is 5.73 Å². The molecule has 0 aliphatic rings. The van der Waals surface area contributed by atoms with Crippen LogP contribution in [0.1, 0.15) is 18.9 Å². The minimum absolute atomic E-state index is 0.654. The van der Waals surface area contributed by atoms with Crippen LogP contribution in [0.3, 0.4) is 0 Å². The first-order valence-electron chi connectivity index (χ1n) is 5.47. The van der Waals surface area contributed by atoms with Crippen molar-refractivity contribution < 1.29 is 4.21 Å². The first kappa shape index (κ1) is 13.6. The summed E-state index contributed by atoms with van der Waals surface area (Å²) in [5.41, 5.74) is 7.62. The zero-order chi connectivity index (χ0) is 12.0. The monoisotopic (exact) mass is 257 g/mol. The van der Waals surface area contributed by atoms with E-state index >= 15 is 0 Å². The quantitative estimate of drug-likeness (QED) is 0.629. The third-order valence-corrected chi connectivity index (χ3v) is 4.74. The minimum atomic E-state index is -0.945. The maximum absolute atomic E-state index is 12.0. The summed E-state index contributed by atoms with van der Waals surface area (Å²) in [5, 5.41) is 0. The second-order valence-electron chi connectivity index (χ2n) is 3.64. The van der Waals surface area contributed by atoms with Crippen LogP contribution < -0.4 is 5.73 Å². The fourth-order valence-corrected chi connectivity index (χ4v) is 3.41. The predicted molar refractivity (Wildman–Crippen MR) is 74.5 cm³/mol. The molecule has 4 heteroatoms. The molecule has 2 nitrogen and oxygen atoms in total. The van der Waals surface area contributed by atoms with E-state index in [1.807, 2.05) is 36.9 Å². The Labute approximate surface area is 104 Å². The number of hydrogen-bond donors (Lipinski definition) is 1. The van der Waals surface area contributed by atoms with E-state index in [9.17, 15) is 4.21 Å². The van der Waals surface area contributed by atoms with Crippen molar-refractivity contribution in [2.24, 2.45) is 0 Å². The number of hydrogen-bond acceptors (Lipinski definition) is 3.